The molecule has 1 N–H and O–H groups in total. The molecule has 0 atom stereocenters. The lowest BCUT2D eigenvalue weighted by atomic mass is 9.82. The zero-order valence-electron chi connectivity index (χ0n) is 14.3. The maximum absolute atomic E-state index is 12.7. The lowest BCUT2D eigenvalue weighted by molar-refractivity contribution is -0.150. The summed E-state index contributed by atoms with van der Waals surface area (Å²) in [7, 11) is 0. The number of piperidine rings is 1. The first kappa shape index (κ1) is 17.2. The summed E-state index contributed by atoms with van der Waals surface area (Å²) in [6.45, 7) is 7.08. The van der Waals surface area contributed by atoms with Gasteiger partial charge in [0.1, 0.15) is 5.60 Å². The third-order valence-corrected chi connectivity index (χ3v) is 5.94. The van der Waals surface area contributed by atoms with Crippen molar-refractivity contribution in [3.8, 4) is 0 Å². The van der Waals surface area contributed by atoms with Crippen LogP contribution in [-0.2, 0) is 20.7 Å². The Bertz CT molecular complexity index is 643. The number of ether oxygens (including phenoxy) is 1. The molecule has 0 aromatic carbocycles. The summed E-state index contributed by atoms with van der Waals surface area (Å²) in [5, 5.41) is 5.01. The van der Waals surface area contributed by atoms with Gasteiger partial charge in [-0.15, -0.1) is 11.3 Å². The number of carbonyl (C=O) groups is 2. The monoisotopic (exact) mass is 348 g/mol. The van der Waals surface area contributed by atoms with Crippen molar-refractivity contribution in [3.63, 3.8) is 0 Å². The normalized spacial score (nSPS) is 20.5. The molecular weight excluding hydrogens is 324 g/mol. The Hall–Kier alpha value is -1.66. The first-order chi connectivity index (χ1) is 11.6. The van der Waals surface area contributed by atoms with Crippen LogP contribution in [-0.4, -0.2) is 48.6 Å². The molecule has 3 rings (SSSR count). The van der Waals surface area contributed by atoms with E-state index in [1.54, 1.807) is 18.3 Å². The van der Waals surface area contributed by atoms with Crippen LogP contribution < -0.4 is 5.32 Å². The fourth-order valence-corrected chi connectivity index (χ4v) is 4.26. The Morgan fingerprint density at radius 2 is 2.17 bits per heavy atom. The number of carbonyl (C=O) groups excluding carboxylic acids is 2. The van der Waals surface area contributed by atoms with Gasteiger partial charge < -0.3 is 15.0 Å². The van der Waals surface area contributed by atoms with Crippen molar-refractivity contribution in [1.29, 1.82) is 0 Å². The van der Waals surface area contributed by atoms with Crippen molar-refractivity contribution in [2.75, 3.05) is 26.2 Å². The fourth-order valence-electron chi connectivity index (χ4n) is 3.55. The molecule has 1 spiro atoms. The van der Waals surface area contributed by atoms with E-state index in [4.69, 9.17) is 4.74 Å². The van der Waals surface area contributed by atoms with Crippen LogP contribution in [0.1, 0.15) is 31.6 Å². The van der Waals surface area contributed by atoms with Crippen LogP contribution in [0.3, 0.4) is 0 Å². The minimum Gasteiger partial charge on any atom is -0.450 e. The molecule has 1 amide bonds. The average molecular weight is 348 g/mol. The second-order valence-corrected chi connectivity index (χ2v) is 7.44. The minimum atomic E-state index is -0.722. The van der Waals surface area contributed by atoms with Gasteiger partial charge in [-0.05, 0) is 31.3 Å². The van der Waals surface area contributed by atoms with Gasteiger partial charge in [0.05, 0.1) is 5.57 Å². The second-order valence-electron chi connectivity index (χ2n) is 6.40. The Labute approximate surface area is 146 Å². The molecule has 2 aliphatic rings. The van der Waals surface area contributed by atoms with Crippen LogP contribution >= 0.6 is 11.3 Å². The highest BCUT2D eigenvalue weighted by atomic mass is 32.1. The molecule has 1 saturated heterocycles. The lowest BCUT2D eigenvalue weighted by Gasteiger charge is -2.39. The molecule has 1 aromatic rings. The van der Waals surface area contributed by atoms with Crippen molar-refractivity contribution in [2.45, 2.75) is 38.7 Å². The Kier molecular flexibility index (Phi) is 5.06. The number of rotatable bonds is 5. The molecule has 24 heavy (non-hydrogen) atoms. The van der Waals surface area contributed by atoms with Crippen LogP contribution in [0.25, 0.3) is 0 Å². The third kappa shape index (κ3) is 3.26. The molecule has 1 fully saturated rings. The molecule has 0 saturated carbocycles. The predicted octanol–water partition coefficient (Wildman–Crippen LogP) is 2.13. The molecule has 0 unspecified atom stereocenters. The highest BCUT2D eigenvalue weighted by Gasteiger charge is 2.50. The van der Waals surface area contributed by atoms with E-state index in [1.807, 2.05) is 11.4 Å². The van der Waals surface area contributed by atoms with E-state index >= 15 is 0 Å². The van der Waals surface area contributed by atoms with Crippen LogP contribution in [0.5, 0.6) is 0 Å². The molecule has 0 aliphatic carbocycles. The van der Waals surface area contributed by atoms with E-state index in [1.165, 1.54) is 4.88 Å². The molecule has 5 nitrogen and oxygen atoms in total. The average Bonchev–Trinajstić information content (AvgIpc) is 3.16. The lowest BCUT2D eigenvalue weighted by Crippen LogP contribution is -2.48. The Balaban J connectivity index is 1.68. The summed E-state index contributed by atoms with van der Waals surface area (Å²) >= 11 is 1.68. The summed E-state index contributed by atoms with van der Waals surface area (Å²) in [4.78, 5) is 28.4. The smallest absolute Gasteiger partial charge is 0.335 e. The molecule has 3 heterocycles. The van der Waals surface area contributed by atoms with E-state index in [9.17, 15) is 9.59 Å². The first-order valence-corrected chi connectivity index (χ1v) is 9.41. The number of amides is 1. The maximum Gasteiger partial charge on any atom is 0.335 e. The number of nitrogens with zero attached hydrogens (tertiary/aromatic N) is 1. The Morgan fingerprint density at radius 1 is 1.42 bits per heavy atom. The SMILES string of the molecule is CCN1CCC2(CC1)OC(=O)C(C)=C2C(=O)NCCc1cccs1. The van der Waals surface area contributed by atoms with Crippen LogP contribution in [0, 0.1) is 0 Å². The second kappa shape index (κ2) is 7.07. The summed E-state index contributed by atoms with van der Waals surface area (Å²) in [5.41, 5.74) is 0.294. The maximum atomic E-state index is 12.7. The number of hydrogen-bond acceptors (Lipinski definition) is 5. The predicted molar refractivity (Wildman–Crippen MR) is 93.9 cm³/mol. The standard InChI is InChI=1S/C18H24N2O3S/c1-3-20-10-7-18(8-11-20)15(13(2)17(22)23-18)16(21)19-9-6-14-5-4-12-24-14/h4-5,12H,3,6-11H2,1-2H3,(H,19,21). The van der Waals surface area contributed by atoms with Crippen molar-refractivity contribution in [2.24, 2.45) is 0 Å². The molecule has 130 valence electrons. The van der Waals surface area contributed by atoms with Crippen molar-refractivity contribution < 1.29 is 14.3 Å². The topological polar surface area (TPSA) is 58.6 Å². The van der Waals surface area contributed by atoms with Gasteiger partial charge in [0.25, 0.3) is 5.91 Å². The van der Waals surface area contributed by atoms with Gasteiger partial charge >= 0.3 is 5.97 Å². The van der Waals surface area contributed by atoms with Crippen molar-refractivity contribution in [3.05, 3.63) is 33.5 Å². The van der Waals surface area contributed by atoms with Crippen LogP contribution in [0.2, 0.25) is 0 Å². The van der Waals surface area contributed by atoms with E-state index in [2.05, 4.69) is 23.2 Å². The number of nitrogens with one attached hydrogen (secondary N) is 1. The third-order valence-electron chi connectivity index (χ3n) is 5.00. The van der Waals surface area contributed by atoms with E-state index < -0.39 is 5.60 Å². The van der Waals surface area contributed by atoms with Crippen LogP contribution in [0.15, 0.2) is 28.7 Å². The molecule has 6 heteroatoms. The van der Waals surface area contributed by atoms with Gasteiger partial charge in [-0.3, -0.25) is 4.79 Å². The first-order valence-electron chi connectivity index (χ1n) is 8.53. The van der Waals surface area contributed by atoms with E-state index in [-0.39, 0.29) is 11.9 Å². The number of thiophene rings is 1. The molecule has 1 aromatic heterocycles. The number of hydrogen-bond donors (Lipinski definition) is 1. The highest BCUT2D eigenvalue weighted by molar-refractivity contribution is 7.09. The van der Waals surface area contributed by atoms with Gasteiger partial charge in [0.2, 0.25) is 0 Å². The number of likely N-dealkylation sites (tertiary alicyclic amines) is 1. The fraction of sp³-hybridized carbons (Fsp3) is 0.556. The van der Waals surface area contributed by atoms with Gasteiger partial charge in [0, 0.05) is 42.9 Å². The molecular formula is C18H24N2O3S. The van der Waals surface area contributed by atoms with Gasteiger partial charge in [-0.25, -0.2) is 4.79 Å². The Morgan fingerprint density at radius 3 is 2.79 bits per heavy atom. The summed E-state index contributed by atoms with van der Waals surface area (Å²) in [6.07, 6.45) is 2.19. The quantitative estimate of drug-likeness (QED) is 0.828. The van der Waals surface area contributed by atoms with Crippen LogP contribution in [0.4, 0.5) is 0 Å². The summed E-state index contributed by atoms with van der Waals surface area (Å²) < 4.78 is 5.68. The van der Waals surface area contributed by atoms with E-state index in [0.29, 0.717) is 30.5 Å². The molecule has 2 aliphatic heterocycles. The van der Waals surface area contributed by atoms with Gasteiger partial charge in [-0.1, -0.05) is 13.0 Å². The minimum absolute atomic E-state index is 0.153. The highest BCUT2D eigenvalue weighted by Crippen LogP contribution is 2.40. The van der Waals surface area contributed by atoms with Gasteiger partial charge in [0.15, 0.2) is 0 Å². The molecule has 0 radical (unpaired) electrons. The summed E-state index contributed by atoms with van der Waals surface area (Å²) in [6, 6.07) is 4.07. The zero-order chi connectivity index (χ0) is 17.2. The zero-order valence-corrected chi connectivity index (χ0v) is 15.1. The largest absolute Gasteiger partial charge is 0.450 e. The van der Waals surface area contributed by atoms with Crippen molar-refractivity contribution in [1.82, 2.24) is 10.2 Å². The van der Waals surface area contributed by atoms with Crippen molar-refractivity contribution >= 4 is 23.2 Å². The summed E-state index contributed by atoms with van der Waals surface area (Å²) in [5.74, 6) is -0.497. The number of esters is 1. The van der Waals surface area contributed by atoms with E-state index in [0.717, 1.165) is 26.1 Å². The van der Waals surface area contributed by atoms with Gasteiger partial charge in [-0.2, -0.15) is 0 Å². The molecule has 0 bridgehead atoms.